The fourth-order valence-corrected chi connectivity index (χ4v) is 6.76. The van der Waals surface area contributed by atoms with Crippen LogP contribution in [0.15, 0.2) is 63.6 Å². The summed E-state index contributed by atoms with van der Waals surface area (Å²) in [6.45, 7) is 2.59. The maximum Gasteiger partial charge on any atom is 0.359 e. The summed E-state index contributed by atoms with van der Waals surface area (Å²) >= 11 is 0.993. The van der Waals surface area contributed by atoms with Crippen LogP contribution in [0.3, 0.4) is 0 Å². The number of para-hydroxylation sites is 1. The molecule has 0 aliphatic carbocycles. The molecule has 0 radical (unpaired) electrons. The number of benzene rings is 2. The number of aromatic nitrogens is 2. The summed E-state index contributed by atoms with van der Waals surface area (Å²) in [7, 11) is -3.64. The van der Waals surface area contributed by atoms with Crippen molar-refractivity contribution in [1.29, 1.82) is 0 Å². The molecule has 1 aliphatic heterocycles. The number of nitrogens with one attached hydrogen (secondary N) is 1. The Morgan fingerprint density at radius 2 is 1.79 bits per heavy atom. The van der Waals surface area contributed by atoms with Crippen molar-refractivity contribution < 1.29 is 27.1 Å². The number of sulfonamides is 1. The monoisotopic (exact) mass is 570 g/mol. The maximum absolute atomic E-state index is 14.6. The first kappa shape index (κ1) is 26.7. The molecule has 13 heteroatoms. The molecule has 0 unspecified atom stereocenters. The zero-order valence-electron chi connectivity index (χ0n) is 20.7. The van der Waals surface area contributed by atoms with Crippen LogP contribution >= 0.6 is 11.3 Å². The van der Waals surface area contributed by atoms with E-state index in [1.807, 2.05) is 0 Å². The number of anilines is 1. The molecule has 0 spiro atoms. The van der Waals surface area contributed by atoms with E-state index in [0.717, 1.165) is 34.9 Å². The number of hydrogen-bond donors (Lipinski definition) is 1. The van der Waals surface area contributed by atoms with Gasteiger partial charge in [0.1, 0.15) is 16.5 Å². The first-order valence-corrected chi connectivity index (χ1v) is 14.4. The molecule has 1 fully saturated rings. The largest absolute Gasteiger partial charge is 0.461 e. The van der Waals surface area contributed by atoms with E-state index in [4.69, 9.17) is 4.74 Å². The molecule has 0 atom stereocenters. The van der Waals surface area contributed by atoms with Crippen molar-refractivity contribution in [2.24, 2.45) is 0 Å². The van der Waals surface area contributed by atoms with Crippen LogP contribution in [-0.2, 0) is 14.8 Å². The molecule has 39 heavy (non-hydrogen) atoms. The molecule has 0 bridgehead atoms. The van der Waals surface area contributed by atoms with Gasteiger partial charge in [-0.05, 0) is 56.2 Å². The summed E-state index contributed by atoms with van der Waals surface area (Å²) in [5.41, 5.74) is -0.964. The van der Waals surface area contributed by atoms with Gasteiger partial charge >= 0.3 is 5.97 Å². The van der Waals surface area contributed by atoms with Gasteiger partial charge in [0.15, 0.2) is 5.69 Å². The highest BCUT2D eigenvalue weighted by molar-refractivity contribution is 7.89. The van der Waals surface area contributed by atoms with E-state index in [-0.39, 0.29) is 44.2 Å². The van der Waals surface area contributed by atoms with Gasteiger partial charge in [-0.15, -0.1) is 11.3 Å². The number of amides is 1. The molecular formula is C26H23FN4O6S2. The second-order valence-corrected chi connectivity index (χ2v) is 11.5. The third-order valence-electron chi connectivity index (χ3n) is 6.25. The molecule has 10 nitrogen and oxygen atoms in total. The van der Waals surface area contributed by atoms with E-state index >= 15 is 0 Å². The van der Waals surface area contributed by atoms with Crippen LogP contribution < -0.4 is 10.9 Å². The minimum atomic E-state index is -3.64. The Labute approximate surface area is 226 Å². The Morgan fingerprint density at radius 1 is 1.10 bits per heavy atom. The Bertz CT molecular complexity index is 1740. The molecule has 2 aromatic heterocycles. The summed E-state index contributed by atoms with van der Waals surface area (Å²) in [5, 5.41) is 8.47. The van der Waals surface area contributed by atoms with Gasteiger partial charge in [0.25, 0.3) is 11.5 Å². The molecule has 5 rings (SSSR count). The Hall–Kier alpha value is -3.94. The smallest absolute Gasteiger partial charge is 0.359 e. The molecule has 1 aliphatic rings. The van der Waals surface area contributed by atoms with E-state index < -0.39 is 33.3 Å². The second kappa shape index (κ2) is 10.7. The van der Waals surface area contributed by atoms with Gasteiger partial charge < -0.3 is 10.1 Å². The van der Waals surface area contributed by atoms with E-state index in [2.05, 4.69) is 10.4 Å². The van der Waals surface area contributed by atoms with Crippen molar-refractivity contribution in [2.75, 3.05) is 25.0 Å². The predicted molar refractivity (Wildman–Crippen MR) is 144 cm³/mol. The van der Waals surface area contributed by atoms with Gasteiger partial charge in [-0.1, -0.05) is 12.1 Å². The van der Waals surface area contributed by atoms with Gasteiger partial charge in [0.05, 0.1) is 16.9 Å². The normalized spacial score (nSPS) is 14.0. The lowest BCUT2D eigenvalue weighted by Gasteiger charge is -2.15. The Morgan fingerprint density at radius 3 is 2.46 bits per heavy atom. The molecule has 4 aromatic rings. The lowest BCUT2D eigenvalue weighted by Crippen LogP contribution is -2.28. The SMILES string of the molecule is CCOC(=O)c1nn(-c2ccccc2F)c(=O)c2c(NC(=O)c3ccc(S(=O)(=O)N4CCCC4)cc3)scc12. The van der Waals surface area contributed by atoms with Crippen LogP contribution in [0.5, 0.6) is 0 Å². The number of hydrogen-bond acceptors (Lipinski definition) is 8. The van der Waals surface area contributed by atoms with E-state index in [0.29, 0.717) is 13.1 Å². The maximum atomic E-state index is 14.6. The van der Waals surface area contributed by atoms with E-state index in [9.17, 15) is 27.2 Å². The van der Waals surface area contributed by atoms with Crippen molar-refractivity contribution in [2.45, 2.75) is 24.7 Å². The lowest BCUT2D eigenvalue weighted by molar-refractivity contribution is 0.0519. The van der Waals surface area contributed by atoms with Gasteiger partial charge in [-0.3, -0.25) is 9.59 Å². The Kier molecular flexibility index (Phi) is 7.30. The van der Waals surface area contributed by atoms with Crippen LogP contribution in [0.4, 0.5) is 9.39 Å². The summed E-state index contributed by atoms with van der Waals surface area (Å²) in [5.74, 6) is -2.14. The third-order valence-corrected chi connectivity index (χ3v) is 9.06. The van der Waals surface area contributed by atoms with Crippen molar-refractivity contribution in [3.05, 3.63) is 81.3 Å². The quantitative estimate of drug-likeness (QED) is 0.335. The van der Waals surface area contributed by atoms with Gasteiger partial charge in [0.2, 0.25) is 10.0 Å². The summed E-state index contributed by atoms with van der Waals surface area (Å²) in [6, 6.07) is 11.0. The van der Waals surface area contributed by atoms with Crippen LogP contribution in [0, 0.1) is 5.82 Å². The number of nitrogens with zero attached hydrogens (tertiary/aromatic N) is 3. The molecule has 1 N–H and O–H groups in total. The van der Waals surface area contributed by atoms with E-state index in [1.54, 1.807) is 6.92 Å². The van der Waals surface area contributed by atoms with Crippen LogP contribution in [-0.4, -0.2) is 54.1 Å². The highest BCUT2D eigenvalue weighted by Crippen LogP contribution is 2.31. The number of esters is 1. The second-order valence-electron chi connectivity index (χ2n) is 8.68. The van der Waals surface area contributed by atoms with E-state index in [1.165, 1.54) is 52.1 Å². The molecule has 2 aromatic carbocycles. The highest BCUT2D eigenvalue weighted by atomic mass is 32.2. The molecule has 3 heterocycles. The fourth-order valence-electron chi connectivity index (χ4n) is 4.31. The van der Waals surface area contributed by atoms with Crippen LogP contribution in [0.1, 0.15) is 40.6 Å². The zero-order valence-corrected chi connectivity index (χ0v) is 22.4. The number of carbonyl (C=O) groups is 2. The standard InChI is InChI=1S/C26H23FN4O6S2/c1-2-37-26(34)22-18-15-38-24(21(18)25(33)31(29-22)20-8-4-3-7-19(20)27)28-23(32)16-9-11-17(12-10-16)39(35,36)30-13-5-6-14-30/h3-4,7-12,15H,2,5-6,13-14H2,1H3,(H,28,32). The van der Waals surface area contributed by atoms with Crippen LogP contribution in [0.2, 0.25) is 0 Å². The summed E-state index contributed by atoms with van der Waals surface area (Å²) < 4.78 is 47.4. The van der Waals surface area contributed by atoms with Crippen molar-refractivity contribution in [1.82, 2.24) is 14.1 Å². The number of carbonyl (C=O) groups excluding carboxylic acids is 2. The molecule has 1 saturated heterocycles. The van der Waals surface area contributed by atoms with Crippen molar-refractivity contribution in [3.8, 4) is 5.69 Å². The molecular weight excluding hydrogens is 547 g/mol. The topological polar surface area (TPSA) is 128 Å². The highest BCUT2D eigenvalue weighted by Gasteiger charge is 2.28. The third kappa shape index (κ3) is 4.95. The minimum Gasteiger partial charge on any atom is -0.461 e. The Balaban J connectivity index is 1.52. The molecule has 1 amide bonds. The molecule has 0 saturated carbocycles. The first-order valence-electron chi connectivity index (χ1n) is 12.1. The van der Waals surface area contributed by atoms with Gasteiger partial charge in [-0.2, -0.15) is 14.1 Å². The first-order chi connectivity index (χ1) is 18.7. The molecule has 202 valence electrons. The van der Waals surface area contributed by atoms with Crippen LogP contribution in [0.25, 0.3) is 16.5 Å². The average molecular weight is 571 g/mol. The van der Waals surface area contributed by atoms with Gasteiger partial charge in [-0.25, -0.2) is 17.6 Å². The van der Waals surface area contributed by atoms with Crippen molar-refractivity contribution >= 4 is 49.0 Å². The van der Waals surface area contributed by atoms with Gasteiger partial charge in [0, 0.05) is 29.4 Å². The summed E-state index contributed by atoms with van der Waals surface area (Å²) in [4.78, 5) is 39.3. The number of halogens is 1. The number of thiophene rings is 1. The summed E-state index contributed by atoms with van der Waals surface area (Å²) in [6.07, 6.45) is 1.61. The zero-order chi connectivity index (χ0) is 27.7. The number of fused-ring (bicyclic) bond motifs is 1. The predicted octanol–water partition coefficient (Wildman–Crippen LogP) is 3.80. The lowest BCUT2D eigenvalue weighted by atomic mass is 10.2. The number of rotatable bonds is 7. The number of ether oxygens (including phenoxy) is 1. The van der Waals surface area contributed by atoms with Crippen molar-refractivity contribution in [3.63, 3.8) is 0 Å². The average Bonchev–Trinajstić information content (AvgIpc) is 3.61. The fraction of sp³-hybridized carbons (Fsp3) is 0.231. The minimum absolute atomic E-state index is 0.0390.